The summed E-state index contributed by atoms with van der Waals surface area (Å²) in [6.07, 6.45) is 0. The molecule has 2 heterocycles. The van der Waals surface area contributed by atoms with Crippen LogP contribution in [0.4, 0.5) is 0 Å². The van der Waals surface area contributed by atoms with E-state index in [4.69, 9.17) is 4.74 Å². The van der Waals surface area contributed by atoms with Crippen LogP contribution in [-0.2, 0) is 5.75 Å². The molecule has 14 heavy (non-hydrogen) atoms. The van der Waals surface area contributed by atoms with Gasteiger partial charge in [-0.2, -0.15) is 5.21 Å². The summed E-state index contributed by atoms with van der Waals surface area (Å²) >= 11 is 3.28. The fourth-order valence-corrected chi connectivity index (χ4v) is 2.64. The van der Waals surface area contributed by atoms with Crippen molar-refractivity contribution in [3.8, 4) is 5.06 Å². The average molecular weight is 228 g/mol. The van der Waals surface area contributed by atoms with E-state index in [-0.39, 0.29) is 0 Å². The molecule has 2 aromatic heterocycles. The van der Waals surface area contributed by atoms with Gasteiger partial charge in [0.25, 0.3) is 0 Å². The van der Waals surface area contributed by atoms with Gasteiger partial charge in [-0.05, 0) is 12.1 Å². The van der Waals surface area contributed by atoms with E-state index in [0.717, 1.165) is 10.8 Å². The summed E-state index contributed by atoms with van der Waals surface area (Å²) in [6, 6.07) is 3.97. The first-order chi connectivity index (χ1) is 6.88. The lowest BCUT2D eigenvalue weighted by molar-refractivity contribution is 0.427. The van der Waals surface area contributed by atoms with Crippen molar-refractivity contribution in [2.24, 2.45) is 0 Å². The molecular weight excluding hydrogens is 220 g/mol. The van der Waals surface area contributed by atoms with Crippen molar-refractivity contribution in [2.75, 3.05) is 7.11 Å². The lowest BCUT2D eigenvalue weighted by atomic mass is 10.6. The summed E-state index contributed by atoms with van der Waals surface area (Å²) < 4.78 is 6.27. The number of ether oxygens (including phenoxy) is 1. The number of methoxy groups -OCH3 is 1. The Hall–Kier alpha value is -1.08. The monoisotopic (exact) mass is 228 g/mol. The molecule has 0 bridgehead atoms. The molecule has 0 atom stereocenters. The van der Waals surface area contributed by atoms with Gasteiger partial charge in [-0.25, -0.2) is 0 Å². The van der Waals surface area contributed by atoms with Crippen molar-refractivity contribution >= 4 is 23.1 Å². The second-order valence-electron chi connectivity index (χ2n) is 2.39. The van der Waals surface area contributed by atoms with E-state index in [9.17, 15) is 0 Å². The molecule has 0 spiro atoms. The van der Waals surface area contributed by atoms with Crippen LogP contribution in [0.1, 0.15) is 5.82 Å². The van der Waals surface area contributed by atoms with Crippen LogP contribution in [-0.4, -0.2) is 27.7 Å². The van der Waals surface area contributed by atoms with Gasteiger partial charge in [-0.1, -0.05) is 16.6 Å². The Morgan fingerprint density at radius 2 is 2.50 bits per heavy atom. The lowest BCUT2D eigenvalue weighted by Crippen LogP contribution is -1.82. The Morgan fingerprint density at radius 1 is 1.57 bits per heavy atom. The van der Waals surface area contributed by atoms with Crippen LogP contribution in [0.15, 0.2) is 16.3 Å². The smallest absolute Gasteiger partial charge is 0.184 e. The highest BCUT2D eigenvalue weighted by Crippen LogP contribution is 2.33. The van der Waals surface area contributed by atoms with Crippen LogP contribution in [0.5, 0.6) is 5.06 Å². The van der Waals surface area contributed by atoms with Crippen molar-refractivity contribution < 1.29 is 4.74 Å². The van der Waals surface area contributed by atoms with Crippen LogP contribution in [0.25, 0.3) is 0 Å². The van der Waals surface area contributed by atoms with Gasteiger partial charge < -0.3 is 4.74 Å². The number of thiophene rings is 1. The van der Waals surface area contributed by atoms with Gasteiger partial charge in [-0.15, -0.1) is 22.0 Å². The molecular formula is C7H8N4OS2. The minimum atomic E-state index is 0.711. The molecule has 1 N–H and O–H groups in total. The third-order valence-corrected chi connectivity index (χ3v) is 3.76. The predicted octanol–water partition coefficient (Wildman–Crippen LogP) is 1.56. The van der Waals surface area contributed by atoms with Gasteiger partial charge in [0.05, 0.1) is 17.1 Å². The average Bonchev–Trinajstić information content (AvgIpc) is 2.86. The highest BCUT2D eigenvalue weighted by atomic mass is 32.2. The van der Waals surface area contributed by atoms with Gasteiger partial charge in [-0.3, -0.25) is 0 Å². The molecule has 7 heteroatoms. The van der Waals surface area contributed by atoms with Gasteiger partial charge in [0.1, 0.15) is 0 Å². The lowest BCUT2D eigenvalue weighted by Gasteiger charge is -1.92. The van der Waals surface area contributed by atoms with E-state index in [1.807, 2.05) is 12.1 Å². The molecule has 5 nitrogen and oxygen atoms in total. The molecule has 0 radical (unpaired) electrons. The van der Waals surface area contributed by atoms with Crippen molar-refractivity contribution in [3.63, 3.8) is 0 Å². The van der Waals surface area contributed by atoms with Crippen molar-refractivity contribution in [1.29, 1.82) is 0 Å². The number of H-pyrrole nitrogens is 1. The summed E-state index contributed by atoms with van der Waals surface area (Å²) in [5.74, 6) is 1.43. The molecule has 0 aliphatic carbocycles. The zero-order valence-corrected chi connectivity index (χ0v) is 9.06. The number of aromatic amines is 1. The fourth-order valence-electron chi connectivity index (χ4n) is 0.870. The number of thioether (sulfide) groups is 1. The summed E-state index contributed by atoms with van der Waals surface area (Å²) in [5.41, 5.74) is 0. The first-order valence-corrected chi connectivity index (χ1v) is 5.67. The first kappa shape index (κ1) is 9.47. The number of nitrogens with one attached hydrogen (secondary N) is 1. The summed E-state index contributed by atoms with van der Waals surface area (Å²) in [5, 5.41) is 14.5. The van der Waals surface area contributed by atoms with Crippen LogP contribution in [0.3, 0.4) is 0 Å². The Labute approximate surface area is 88.9 Å². The molecule has 0 amide bonds. The van der Waals surface area contributed by atoms with Gasteiger partial charge in [0, 0.05) is 0 Å². The number of rotatable bonds is 4. The first-order valence-electron chi connectivity index (χ1n) is 3.87. The molecule has 74 valence electrons. The van der Waals surface area contributed by atoms with Crippen molar-refractivity contribution in [2.45, 2.75) is 9.96 Å². The zero-order chi connectivity index (χ0) is 9.80. The molecule has 2 aromatic rings. The van der Waals surface area contributed by atoms with Crippen molar-refractivity contribution in [1.82, 2.24) is 20.6 Å². The summed E-state index contributed by atoms with van der Waals surface area (Å²) in [6.45, 7) is 0. The number of tetrazole rings is 1. The normalized spacial score (nSPS) is 10.4. The maximum Gasteiger partial charge on any atom is 0.184 e. The Morgan fingerprint density at radius 3 is 3.14 bits per heavy atom. The molecule has 0 saturated carbocycles. The van der Waals surface area contributed by atoms with E-state index in [1.54, 1.807) is 30.2 Å². The Bertz CT molecular complexity index is 386. The van der Waals surface area contributed by atoms with Crippen LogP contribution in [0.2, 0.25) is 0 Å². The number of hydrogen-bond donors (Lipinski definition) is 1. The van der Waals surface area contributed by atoms with Crippen LogP contribution < -0.4 is 4.74 Å². The molecule has 0 saturated heterocycles. The Kier molecular flexibility index (Phi) is 3.00. The molecule has 0 aliphatic heterocycles. The van der Waals surface area contributed by atoms with E-state index in [0.29, 0.717) is 5.82 Å². The fraction of sp³-hybridized carbons (Fsp3) is 0.286. The van der Waals surface area contributed by atoms with Gasteiger partial charge in [0.2, 0.25) is 0 Å². The topological polar surface area (TPSA) is 63.7 Å². The molecule has 0 aliphatic rings. The molecule has 0 aromatic carbocycles. The minimum Gasteiger partial charge on any atom is -0.487 e. The zero-order valence-electron chi connectivity index (χ0n) is 7.43. The standard InChI is InChI=1S/C7H8N4OS2/c1-12-6-2-3-7(14-6)13-4-5-8-10-11-9-5/h2-3H,4H2,1H3,(H,8,9,10,11). The quantitative estimate of drug-likeness (QED) is 0.805. The second-order valence-corrected chi connectivity index (χ2v) is 4.72. The Balaban J connectivity index is 1.92. The van der Waals surface area contributed by atoms with E-state index >= 15 is 0 Å². The molecule has 2 rings (SSSR count). The SMILES string of the molecule is COc1ccc(SCc2nn[nH]n2)s1. The maximum atomic E-state index is 5.09. The van der Waals surface area contributed by atoms with Crippen LogP contribution in [0, 0.1) is 0 Å². The maximum absolute atomic E-state index is 5.09. The second kappa shape index (κ2) is 4.43. The molecule has 0 unspecified atom stereocenters. The third-order valence-electron chi connectivity index (χ3n) is 1.49. The summed E-state index contributed by atoms with van der Waals surface area (Å²) in [7, 11) is 1.67. The summed E-state index contributed by atoms with van der Waals surface area (Å²) in [4.78, 5) is 0. The highest BCUT2D eigenvalue weighted by Gasteiger charge is 2.03. The van der Waals surface area contributed by atoms with Gasteiger partial charge in [0.15, 0.2) is 10.9 Å². The largest absolute Gasteiger partial charge is 0.487 e. The van der Waals surface area contributed by atoms with E-state index in [2.05, 4.69) is 20.6 Å². The van der Waals surface area contributed by atoms with Crippen molar-refractivity contribution in [3.05, 3.63) is 18.0 Å². The highest BCUT2D eigenvalue weighted by molar-refractivity contribution is 8.00. The molecule has 0 fully saturated rings. The third kappa shape index (κ3) is 2.24. The van der Waals surface area contributed by atoms with E-state index in [1.165, 1.54) is 4.21 Å². The predicted molar refractivity (Wildman–Crippen MR) is 54.6 cm³/mol. The number of aromatic nitrogens is 4. The van der Waals surface area contributed by atoms with Gasteiger partial charge >= 0.3 is 0 Å². The van der Waals surface area contributed by atoms with E-state index < -0.39 is 0 Å². The number of nitrogens with zero attached hydrogens (tertiary/aromatic N) is 3. The number of hydrogen-bond acceptors (Lipinski definition) is 6. The minimum absolute atomic E-state index is 0.711. The van der Waals surface area contributed by atoms with Crippen LogP contribution >= 0.6 is 23.1 Å².